The van der Waals surface area contributed by atoms with Crippen molar-refractivity contribution in [1.82, 2.24) is 14.7 Å². The van der Waals surface area contributed by atoms with E-state index in [0.717, 1.165) is 28.2 Å². The number of imidazole rings is 1. The summed E-state index contributed by atoms with van der Waals surface area (Å²) < 4.78 is 12.9. The zero-order valence-electron chi connectivity index (χ0n) is 10.6. The van der Waals surface area contributed by atoms with Crippen molar-refractivity contribution in [2.24, 2.45) is 0 Å². The molecular weight excluding hydrogens is 262 g/mol. The number of nitrogens with one attached hydrogen (secondary N) is 1. The molecule has 3 rings (SSSR count). The van der Waals surface area contributed by atoms with Crippen LogP contribution in [0.4, 0.5) is 0 Å². The predicted molar refractivity (Wildman–Crippen MR) is 74.0 cm³/mol. The Balaban J connectivity index is 2.08. The van der Waals surface area contributed by atoms with Crippen LogP contribution in [0.15, 0.2) is 28.8 Å². The number of aromatic amines is 1. The molecule has 5 nitrogen and oxygen atoms in total. The number of ether oxygens (including phenoxy) is 1. The molecule has 2 aromatic heterocycles. The molecule has 1 N–H and O–H groups in total. The first kappa shape index (κ1) is 12.0. The lowest BCUT2D eigenvalue weighted by molar-refractivity contribution is 0.389. The molecule has 0 bridgehead atoms. The number of aryl methyl sites for hydroxylation is 1. The van der Waals surface area contributed by atoms with Crippen LogP contribution in [-0.2, 0) is 6.54 Å². The molecule has 0 spiro atoms. The van der Waals surface area contributed by atoms with Crippen LogP contribution in [0.25, 0.3) is 11.0 Å². The maximum atomic E-state index is 5.35. The number of aromatic nitrogens is 3. The molecule has 0 unspecified atom stereocenters. The van der Waals surface area contributed by atoms with Crippen LogP contribution in [0.2, 0.25) is 0 Å². The summed E-state index contributed by atoms with van der Waals surface area (Å²) in [7, 11) is 1.64. The molecule has 0 aliphatic rings. The minimum absolute atomic E-state index is 0.586. The van der Waals surface area contributed by atoms with Gasteiger partial charge in [-0.2, -0.15) is 0 Å². The fourth-order valence-corrected chi connectivity index (χ4v) is 2.35. The molecule has 1 aromatic carbocycles. The second-order valence-corrected chi connectivity index (χ2v) is 4.71. The van der Waals surface area contributed by atoms with E-state index in [0.29, 0.717) is 11.3 Å². The summed E-state index contributed by atoms with van der Waals surface area (Å²) in [5.41, 5.74) is 2.82. The summed E-state index contributed by atoms with van der Waals surface area (Å²) in [5, 5.41) is 3.99. The molecule has 2 heterocycles. The van der Waals surface area contributed by atoms with Crippen LogP contribution in [0.1, 0.15) is 11.5 Å². The van der Waals surface area contributed by atoms with Gasteiger partial charge in [0.05, 0.1) is 24.7 Å². The SMILES string of the molecule is COc1ccc2c(c1)[nH]c(=S)n2Cc1cc(C)on1. The molecule has 0 saturated carbocycles. The summed E-state index contributed by atoms with van der Waals surface area (Å²) >= 11 is 5.35. The molecule has 0 aliphatic carbocycles. The zero-order valence-corrected chi connectivity index (χ0v) is 11.5. The monoisotopic (exact) mass is 275 g/mol. The average molecular weight is 275 g/mol. The molecule has 0 atom stereocenters. The summed E-state index contributed by atoms with van der Waals surface area (Å²) in [4.78, 5) is 3.17. The molecule has 19 heavy (non-hydrogen) atoms. The minimum atomic E-state index is 0.586. The van der Waals surface area contributed by atoms with Crippen molar-refractivity contribution in [3.05, 3.63) is 40.5 Å². The van der Waals surface area contributed by atoms with Gasteiger partial charge in [0.1, 0.15) is 17.2 Å². The van der Waals surface area contributed by atoms with Gasteiger partial charge in [-0.3, -0.25) is 0 Å². The fraction of sp³-hybridized carbons (Fsp3) is 0.231. The van der Waals surface area contributed by atoms with Crippen LogP contribution < -0.4 is 4.74 Å². The number of H-pyrrole nitrogens is 1. The fourth-order valence-electron chi connectivity index (χ4n) is 2.08. The molecule has 6 heteroatoms. The van der Waals surface area contributed by atoms with E-state index < -0.39 is 0 Å². The molecule has 3 aromatic rings. The number of methoxy groups -OCH3 is 1. The zero-order chi connectivity index (χ0) is 13.4. The van der Waals surface area contributed by atoms with E-state index in [-0.39, 0.29) is 0 Å². The van der Waals surface area contributed by atoms with Gasteiger partial charge >= 0.3 is 0 Å². The molecule has 0 radical (unpaired) electrons. The van der Waals surface area contributed by atoms with Crippen LogP contribution in [0.3, 0.4) is 0 Å². The van der Waals surface area contributed by atoms with E-state index >= 15 is 0 Å². The maximum Gasteiger partial charge on any atom is 0.178 e. The molecule has 98 valence electrons. The number of nitrogens with zero attached hydrogens (tertiary/aromatic N) is 2. The van der Waals surface area contributed by atoms with Crippen molar-refractivity contribution in [3.8, 4) is 5.75 Å². The predicted octanol–water partition coefficient (Wildman–Crippen LogP) is 3.05. The third-order valence-corrected chi connectivity index (χ3v) is 3.30. The van der Waals surface area contributed by atoms with Crippen LogP contribution in [0, 0.1) is 11.7 Å². The third-order valence-electron chi connectivity index (χ3n) is 2.98. The number of fused-ring (bicyclic) bond motifs is 1. The van der Waals surface area contributed by atoms with E-state index in [9.17, 15) is 0 Å². The van der Waals surface area contributed by atoms with Gasteiger partial charge in [-0.05, 0) is 31.3 Å². The first-order chi connectivity index (χ1) is 9.17. The highest BCUT2D eigenvalue weighted by Crippen LogP contribution is 2.21. The summed E-state index contributed by atoms with van der Waals surface area (Å²) in [5.74, 6) is 1.59. The normalized spacial score (nSPS) is 11.1. The minimum Gasteiger partial charge on any atom is -0.497 e. The number of rotatable bonds is 3. The average Bonchev–Trinajstić information content (AvgIpc) is 2.94. The van der Waals surface area contributed by atoms with E-state index in [1.54, 1.807) is 7.11 Å². The first-order valence-corrected chi connectivity index (χ1v) is 6.27. The Bertz CT molecular complexity index is 785. The standard InChI is InChI=1S/C13H13N3O2S/c1-8-5-9(15-18-8)7-16-12-4-3-10(17-2)6-11(12)14-13(16)19/h3-6H,7H2,1-2H3,(H,14,19). The summed E-state index contributed by atoms with van der Waals surface area (Å²) in [6.45, 7) is 2.46. The van der Waals surface area contributed by atoms with E-state index in [1.807, 2.05) is 35.8 Å². The second-order valence-electron chi connectivity index (χ2n) is 4.33. The highest BCUT2D eigenvalue weighted by atomic mass is 32.1. The van der Waals surface area contributed by atoms with Crippen molar-refractivity contribution in [2.45, 2.75) is 13.5 Å². The van der Waals surface area contributed by atoms with Gasteiger partial charge < -0.3 is 18.8 Å². The molecule has 0 saturated heterocycles. The van der Waals surface area contributed by atoms with Gasteiger partial charge in [0, 0.05) is 12.1 Å². The van der Waals surface area contributed by atoms with Gasteiger partial charge in [0.2, 0.25) is 0 Å². The highest BCUT2D eigenvalue weighted by molar-refractivity contribution is 7.71. The number of benzene rings is 1. The quantitative estimate of drug-likeness (QED) is 0.746. The Morgan fingerprint density at radius 2 is 2.26 bits per heavy atom. The van der Waals surface area contributed by atoms with Crippen molar-refractivity contribution < 1.29 is 9.26 Å². The lowest BCUT2D eigenvalue weighted by Gasteiger charge is -2.02. The Labute approximate surface area is 114 Å². The molecule has 0 amide bonds. The molecule has 0 aliphatic heterocycles. The second kappa shape index (κ2) is 4.55. The molecule has 0 fully saturated rings. The summed E-state index contributed by atoms with van der Waals surface area (Å²) in [6.07, 6.45) is 0. The van der Waals surface area contributed by atoms with E-state index in [2.05, 4.69) is 10.1 Å². The van der Waals surface area contributed by atoms with Crippen LogP contribution in [0.5, 0.6) is 5.75 Å². The number of hydrogen-bond donors (Lipinski definition) is 1. The topological polar surface area (TPSA) is 56.0 Å². The Kier molecular flexibility index (Phi) is 2.87. The Morgan fingerprint density at radius 1 is 1.42 bits per heavy atom. The van der Waals surface area contributed by atoms with Gasteiger partial charge in [-0.25, -0.2) is 0 Å². The maximum absolute atomic E-state index is 5.35. The van der Waals surface area contributed by atoms with Gasteiger partial charge in [0.25, 0.3) is 0 Å². The lowest BCUT2D eigenvalue weighted by atomic mass is 10.3. The van der Waals surface area contributed by atoms with Crippen molar-refractivity contribution in [2.75, 3.05) is 7.11 Å². The Hall–Kier alpha value is -2.08. The third kappa shape index (κ3) is 2.15. The summed E-state index contributed by atoms with van der Waals surface area (Å²) in [6, 6.07) is 7.72. The smallest absolute Gasteiger partial charge is 0.178 e. The highest BCUT2D eigenvalue weighted by Gasteiger charge is 2.08. The van der Waals surface area contributed by atoms with Crippen molar-refractivity contribution >= 4 is 23.3 Å². The van der Waals surface area contributed by atoms with E-state index in [4.69, 9.17) is 21.5 Å². The van der Waals surface area contributed by atoms with Crippen LogP contribution >= 0.6 is 12.2 Å². The van der Waals surface area contributed by atoms with E-state index in [1.165, 1.54) is 0 Å². The molecular formula is C13H13N3O2S. The van der Waals surface area contributed by atoms with Gasteiger partial charge in [-0.15, -0.1) is 0 Å². The van der Waals surface area contributed by atoms with Crippen molar-refractivity contribution in [1.29, 1.82) is 0 Å². The largest absolute Gasteiger partial charge is 0.497 e. The van der Waals surface area contributed by atoms with Gasteiger partial charge in [-0.1, -0.05) is 5.16 Å². The van der Waals surface area contributed by atoms with Gasteiger partial charge in [0.15, 0.2) is 4.77 Å². The van der Waals surface area contributed by atoms with Crippen molar-refractivity contribution in [3.63, 3.8) is 0 Å². The lowest BCUT2D eigenvalue weighted by Crippen LogP contribution is -1.99. The first-order valence-electron chi connectivity index (χ1n) is 5.86. The van der Waals surface area contributed by atoms with Crippen LogP contribution in [-0.4, -0.2) is 21.8 Å². The Morgan fingerprint density at radius 3 is 2.95 bits per heavy atom. The number of hydrogen-bond acceptors (Lipinski definition) is 4.